The average Bonchev–Trinajstić information content (AvgIpc) is 3.17. The number of hydrogen-bond donors (Lipinski definition) is 1. The first-order valence-corrected chi connectivity index (χ1v) is 9.74. The van der Waals surface area contributed by atoms with Crippen molar-refractivity contribution in [1.29, 1.82) is 0 Å². The number of rotatable bonds is 5. The standard InChI is InChI=1S/C20H17FN4O3S/c1-28-16-8-2-13(3-9-16)17(26)12-29-20-23-22-18-19(27)24(10-11-25(18)20)15-6-4-14(21)5-7-15/h2-11,18,22H,12H2,1H3. The van der Waals surface area contributed by atoms with E-state index in [9.17, 15) is 14.0 Å². The van der Waals surface area contributed by atoms with Gasteiger partial charge in [0.05, 0.1) is 12.9 Å². The van der Waals surface area contributed by atoms with Crippen LogP contribution >= 0.6 is 11.8 Å². The predicted octanol–water partition coefficient (Wildman–Crippen LogP) is 2.77. The van der Waals surface area contributed by atoms with E-state index >= 15 is 0 Å². The van der Waals surface area contributed by atoms with Gasteiger partial charge in [0.25, 0.3) is 5.91 Å². The summed E-state index contributed by atoms with van der Waals surface area (Å²) in [6, 6.07) is 12.6. The number of ether oxygens (including phenoxy) is 1. The monoisotopic (exact) mass is 412 g/mol. The maximum Gasteiger partial charge on any atom is 0.276 e. The third-order valence-corrected chi connectivity index (χ3v) is 5.45. The molecule has 148 valence electrons. The normalized spacial score (nSPS) is 17.7. The molecule has 2 heterocycles. The van der Waals surface area contributed by atoms with Gasteiger partial charge in [0.15, 0.2) is 11.0 Å². The van der Waals surface area contributed by atoms with Crippen molar-refractivity contribution in [2.45, 2.75) is 6.17 Å². The lowest BCUT2D eigenvalue weighted by molar-refractivity contribution is -0.122. The minimum Gasteiger partial charge on any atom is -0.497 e. The molecule has 0 spiro atoms. The lowest BCUT2D eigenvalue weighted by Gasteiger charge is -2.31. The summed E-state index contributed by atoms with van der Waals surface area (Å²) in [5.74, 6) is 0.194. The number of amidine groups is 1. The summed E-state index contributed by atoms with van der Waals surface area (Å²) in [5.41, 5.74) is 3.93. The molecule has 1 atom stereocenters. The van der Waals surface area contributed by atoms with Crippen LogP contribution in [0.4, 0.5) is 10.1 Å². The van der Waals surface area contributed by atoms with Crippen molar-refractivity contribution in [3.8, 4) is 5.75 Å². The number of nitrogens with one attached hydrogen (secondary N) is 1. The van der Waals surface area contributed by atoms with E-state index in [4.69, 9.17) is 4.74 Å². The smallest absolute Gasteiger partial charge is 0.276 e. The highest BCUT2D eigenvalue weighted by Crippen LogP contribution is 2.26. The van der Waals surface area contributed by atoms with Crippen molar-refractivity contribution in [2.24, 2.45) is 5.10 Å². The summed E-state index contributed by atoms with van der Waals surface area (Å²) in [7, 11) is 1.57. The van der Waals surface area contributed by atoms with Crippen LogP contribution in [0.15, 0.2) is 66.0 Å². The van der Waals surface area contributed by atoms with E-state index in [1.54, 1.807) is 48.7 Å². The number of nitrogens with zero attached hydrogens (tertiary/aromatic N) is 3. The van der Waals surface area contributed by atoms with Crippen molar-refractivity contribution >= 4 is 34.3 Å². The molecule has 0 aliphatic carbocycles. The SMILES string of the molecule is COc1ccc(C(=O)CSC2=NNC3C(=O)N(c4ccc(F)cc4)C=CN23)cc1. The molecule has 0 fully saturated rings. The van der Waals surface area contributed by atoms with Crippen LogP contribution in [0.5, 0.6) is 5.75 Å². The topological polar surface area (TPSA) is 74.2 Å². The van der Waals surface area contributed by atoms with Gasteiger partial charge >= 0.3 is 0 Å². The van der Waals surface area contributed by atoms with Gasteiger partial charge in [-0.25, -0.2) is 4.39 Å². The summed E-state index contributed by atoms with van der Waals surface area (Å²) in [6.45, 7) is 0. The van der Waals surface area contributed by atoms with Crippen LogP contribution in [0.1, 0.15) is 10.4 Å². The number of hydrazone groups is 1. The maximum atomic E-state index is 13.1. The van der Waals surface area contributed by atoms with Crippen LogP contribution in [0.2, 0.25) is 0 Å². The third kappa shape index (κ3) is 3.81. The van der Waals surface area contributed by atoms with Crippen molar-refractivity contribution in [1.82, 2.24) is 10.3 Å². The average molecular weight is 412 g/mol. The molecule has 0 radical (unpaired) electrons. The molecule has 0 saturated heterocycles. The zero-order valence-corrected chi connectivity index (χ0v) is 16.2. The maximum absolute atomic E-state index is 13.1. The van der Waals surface area contributed by atoms with Gasteiger partial charge in [0, 0.05) is 23.7 Å². The molecule has 4 rings (SSSR count). The molecular weight excluding hydrogens is 395 g/mol. The molecule has 29 heavy (non-hydrogen) atoms. The summed E-state index contributed by atoms with van der Waals surface area (Å²) in [5, 5.41) is 4.72. The minimum atomic E-state index is -0.705. The Kier molecular flexibility index (Phi) is 5.22. The Hall–Kier alpha value is -3.33. The molecule has 0 saturated carbocycles. The van der Waals surface area contributed by atoms with Crippen LogP contribution in [-0.4, -0.2) is 40.8 Å². The first-order chi connectivity index (χ1) is 14.1. The fourth-order valence-corrected chi connectivity index (χ4v) is 3.79. The Labute approximate surface area is 170 Å². The molecule has 7 nitrogen and oxygen atoms in total. The van der Waals surface area contributed by atoms with Crippen molar-refractivity contribution in [2.75, 3.05) is 17.8 Å². The van der Waals surface area contributed by atoms with Gasteiger partial charge in [0.2, 0.25) is 6.17 Å². The summed E-state index contributed by atoms with van der Waals surface area (Å²) < 4.78 is 18.2. The molecule has 1 unspecified atom stereocenters. The summed E-state index contributed by atoms with van der Waals surface area (Å²) in [4.78, 5) is 28.3. The summed E-state index contributed by atoms with van der Waals surface area (Å²) >= 11 is 1.24. The van der Waals surface area contributed by atoms with E-state index in [1.165, 1.54) is 40.9 Å². The largest absolute Gasteiger partial charge is 0.497 e. The Morgan fingerprint density at radius 3 is 2.59 bits per heavy atom. The number of amides is 1. The molecule has 0 bridgehead atoms. The lowest BCUT2D eigenvalue weighted by Crippen LogP contribution is -2.52. The number of anilines is 1. The number of methoxy groups -OCH3 is 1. The number of hydrogen-bond acceptors (Lipinski definition) is 7. The highest BCUT2D eigenvalue weighted by molar-refractivity contribution is 8.14. The second-order valence-corrected chi connectivity index (χ2v) is 7.20. The van der Waals surface area contributed by atoms with Gasteiger partial charge in [-0.15, -0.1) is 0 Å². The van der Waals surface area contributed by atoms with E-state index < -0.39 is 6.17 Å². The number of carbonyl (C=O) groups is 2. The zero-order valence-electron chi connectivity index (χ0n) is 15.4. The van der Waals surface area contributed by atoms with Gasteiger partial charge in [0.1, 0.15) is 11.6 Å². The molecule has 2 aromatic carbocycles. The quantitative estimate of drug-likeness (QED) is 0.762. The zero-order chi connectivity index (χ0) is 20.4. The molecule has 2 aliphatic rings. The molecule has 1 amide bonds. The third-order valence-electron chi connectivity index (χ3n) is 4.48. The lowest BCUT2D eigenvalue weighted by atomic mass is 10.1. The number of carbonyl (C=O) groups excluding carboxylic acids is 2. The van der Waals surface area contributed by atoms with E-state index in [0.717, 1.165) is 0 Å². The second kappa shape index (κ2) is 7.96. The van der Waals surface area contributed by atoms with Crippen LogP contribution in [0, 0.1) is 5.82 Å². The predicted molar refractivity (Wildman–Crippen MR) is 109 cm³/mol. The fraction of sp³-hybridized carbons (Fsp3) is 0.150. The van der Waals surface area contributed by atoms with Gasteiger partial charge in [-0.3, -0.25) is 24.8 Å². The Morgan fingerprint density at radius 1 is 1.17 bits per heavy atom. The first-order valence-electron chi connectivity index (χ1n) is 8.75. The molecular formula is C20H17FN4O3S. The summed E-state index contributed by atoms with van der Waals surface area (Å²) in [6.07, 6.45) is 2.60. The molecule has 2 aromatic rings. The van der Waals surface area contributed by atoms with E-state index in [-0.39, 0.29) is 23.3 Å². The van der Waals surface area contributed by atoms with Crippen molar-refractivity contribution < 1.29 is 18.7 Å². The fourth-order valence-electron chi connectivity index (χ4n) is 2.93. The van der Waals surface area contributed by atoms with Crippen LogP contribution in [0.25, 0.3) is 0 Å². The van der Waals surface area contributed by atoms with Crippen molar-refractivity contribution in [3.63, 3.8) is 0 Å². The van der Waals surface area contributed by atoms with Crippen LogP contribution < -0.4 is 15.1 Å². The van der Waals surface area contributed by atoms with Gasteiger partial charge in [-0.05, 0) is 48.5 Å². The van der Waals surface area contributed by atoms with Gasteiger partial charge in [-0.2, -0.15) is 5.10 Å². The number of thioether (sulfide) groups is 1. The first kappa shape index (κ1) is 19.0. The second-order valence-electron chi connectivity index (χ2n) is 6.26. The number of benzene rings is 2. The van der Waals surface area contributed by atoms with Crippen LogP contribution in [-0.2, 0) is 4.79 Å². The minimum absolute atomic E-state index is 0.0518. The molecule has 2 aliphatic heterocycles. The molecule has 1 N–H and O–H groups in total. The van der Waals surface area contributed by atoms with Gasteiger partial charge < -0.3 is 4.74 Å². The van der Waals surface area contributed by atoms with E-state index in [0.29, 0.717) is 22.2 Å². The highest BCUT2D eigenvalue weighted by Gasteiger charge is 2.38. The number of halogens is 1. The van der Waals surface area contributed by atoms with E-state index in [2.05, 4.69) is 10.5 Å². The number of ketones is 1. The Balaban J connectivity index is 1.41. The molecule has 0 aromatic heterocycles. The van der Waals surface area contributed by atoms with Crippen LogP contribution in [0.3, 0.4) is 0 Å². The van der Waals surface area contributed by atoms with E-state index in [1.807, 2.05) is 0 Å². The Bertz CT molecular complexity index is 992. The van der Waals surface area contributed by atoms with Crippen molar-refractivity contribution in [3.05, 3.63) is 72.3 Å². The van der Waals surface area contributed by atoms with Gasteiger partial charge in [-0.1, -0.05) is 11.8 Å². The number of fused-ring (bicyclic) bond motifs is 1. The highest BCUT2D eigenvalue weighted by atomic mass is 32.2. The molecule has 9 heteroatoms. The Morgan fingerprint density at radius 2 is 1.90 bits per heavy atom. The number of Topliss-reactive ketones (excluding diaryl/α,β-unsaturated/α-hetero) is 1.